The van der Waals surface area contributed by atoms with Crippen molar-refractivity contribution in [1.82, 2.24) is 0 Å². The van der Waals surface area contributed by atoms with Crippen LogP contribution in [0.25, 0.3) is 33.4 Å². The molecule has 27 heavy (non-hydrogen) atoms. The molecule has 0 nitrogen and oxygen atoms in total. The molecule has 0 aromatic heterocycles. The van der Waals surface area contributed by atoms with Crippen LogP contribution in [-0.2, 0) is 98.1 Å². The van der Waals surface area contributed by atoms with Crippen LogP contribution in [0.5, 0.6) is 0 Å². The Bertz CT molecular complexity index is 934. The summed E-state index contributed by atoms with van der Waals surface area (Å²) in [5, 5.41) is 0. The van der Waals surface area contributed by atoms with Crippen molar-refractivity contribution in [2.75, 3.05) is 0 Å². The Morgan fingerprint density at radius 3 is 1.41 bits per heavy atom. The van der Waals surface area contributed by atoms with E-state index in [1.807, 2.05) is 66.7 Å². The molecule has 123 valence electrons. The van der Waals surface area contributed by atoms with Crippen LogP contribution in [0, 0.1) is 36.4 Å². The van der Waals surface area contributed by atoms with Crippen molar-refractivity contribution in [1.29, 1.82) is 0 Å². The van der Waals surface area contributed by atoms with Crippen LogP contribution >= 0.6 is 0 Å². The van der Waals surface area contributed by atoms with E-state index in [2.05, 4.69) is 42.5 Å². The number of benzene rings is 4. The van der Waals surface area contributed by atoms with Crippen LogP contribution in [0.4, 0.5) is 0 Å². The molecule has 0 aliphatic heterocycles. The second-order valence-electron chi connectivity index (χ2n) is 5.36. The molecular weight excluding hydrogens is 555 g/mol. The fraction of sp³-hybridized carbons (Fsp3) is 0. The van der Waals surface area contributed by atoms with Gasteiger partial charge in [0.2, 0.25) is 0 Å². The molecule has 0 atom stereocenters. The minimum absolute atomic E-state index is 0. The Kier molecular flexibility index (Phi) is 11.9. The molecule has 4 aromatic carbocycles. The summed E-state index contributed by atoms with van der Waals surface area (Å²) in [7, 11) is 0. The molecule has 3 radical (unpaired) electrons. The van der Waals surface area contributed by atoms with Crippen molar-refractivity contribution < 1.29 is 98.1 Å². The Morgan fingerprint density at radius 2 is 0.926 bits per heavy atom. The van der Waals surface area contributed by atoms with E-state index in [9.17, 15) is 0 Å². The van der Waals surface area contributed by atoms with E-state index in [-0.39, 0.29) is 98.1 Å². The average Bonchev–Trinajstić information content (AvgIpc) is 2.70. The largest absolute Gasteiger partial charge is 0.369 e. The molecule has 4 aromatic rings. The first-order valence-electron chi connectivity index (χ1n) is 7.71. The van der Waals surface area contributed by atoms with Crippen molar-refractivity contribution in [3.63, 3.8) is 0 Å². The predicted octanol–water partition coefficient (Wildman–Crippen LogP) is 5.48. The van der Waals surface area contributed by atoms with Gasteiger partial charge in [0.1, 0.15) is 0 Å². The third-order valence-electron chi connectivity index (χ3n) is 3.78. The van der Waals surface area contributed by atoms with Crippen LogP contribution in [-0.4, -0.2) is 0 Å². The molecule has 0 heterocycles. The van der Waals surface area contributed by atoms with Gasteiger partial charge in [-0.2, -0.15) is 29.8 Å². The van der Waals surface area contributed by atoms with E-state index in [1.54, 1.807) is 0 Å². The Morgan fingerprint density at radius 1 is 0.444 bits per heavy atom. The first kappa shape index (κ1) is 25.2. The summed E-state index contributed by atoms with van der Waals surface area (Å²) in [6.45, 7) is 0. The topological polar surface area (TPSA) is 0 Å². The van der Waals surface area contributed by atoms with Gasteiger partial charge in [0.15, 0.2) is 0 Å². The molecule has 0 spiro atoms. The fourth-order valence-electron chi connectivity index (χ4n) is 2.55. The minimum atomic E-state index is 0. The molecule has 0 N–H and O–H groups in total. The van der Waals surface area contributed by atoms with Gasteiger partial charge in [-0.3, -0.25) is 29.8 Å². The maximum atomic E-state index is 3.32. The fourth-order valence-corrected chi connectivity index (χ4v) is 2.55. The smallest absolute Gasteiger partial charge is 0 e. The Balaban J connectivity index is 0.00000121. The standard InChI is InChI=1S/C24H12.3Y/c1-3-8-19(9-4-1)21-14-16-22(17-15-21)24-13-7-12-23(18-24)20-10-5-2-6-11-20;;;/h1-8,10,14,17-18H;;;/q-6;;;. The average molecular weight is 567 g/mol. The normalized spacial score (nSPS) is 9.33. The second kappa shape index (κ2) is 12.7. The van der Waals surface area contributed by atoms with E-state index in [1.165, 1.54) is 0 Å². The van der Waals surface area contributed by atoms with Crippen LogP contribution in [0.15, 0.2) is 72.8 Å². The third-order valence-corrected chi connectivity index (χ3v) is 3.78. The first-order valence-corrected chi connectivity index (χ1v) is 7.71. The van der Waals surface area contributed by atoms with Gasteiger partial charge < -0.3 is 29.3 Å². The summed E-state index contributed by atoms with van der Waals surface area (Å²) in [4.78, 5) is 0. The van der Waals surface area contributed by atoms with Crippen LogP contribution in [0.2, 0.25) is 0 Å². The first-order chi connectivity index (χ1) is 11.9. The van der Waals surface area contributed by atoms with Gasteiger partial charge in [-0.05, 0) is 0 Å². The third kappa shape index (κ3) is 6.60. The maximum absolute atomic E-state index is 3.32. The molecule has 3 heteroatoms. The number of rotatable bonds is 3. The van der Waals surface area contributed by atoms with Crippen LogP contribution in [0.3, 0.4) is 0 Å². The molecule has 0 bridgehead atoms. The van der Waals surface area contributed by atoms with Crippen LogP contribution < -0.4 is 0 Å². The SMILES string of the molecule is [Y].[Y].[Y].[c-]1cc(-c2[c-]c[c-]c(-c3[c-]cccc3)c2)[c-]cc1-c1[c-]cccc1. The molecular formula is C24H12Y3-6. The van der Waals surface area contributed by atoms with Gasteiger partial charge >= 0.3 is 0 Å². The van der Waals surface area contributed by atoms with Crippen molar-refractivity contribution in [2.45, 2.75) is 0 Å². The van der Waals surface area contributed by atoms with Gasteiger partial charge in [0, 0.05) is 98.1 Å². The number of hydrogen-bond acceptors (Lipinski definition) is 0. The van der Waals surface area contributed by atoms with E-state index >= 15 is 0 Å². The van der Waals surface area contributed by atoms with Crippen molar-refractivity contribution in [3.05, 3.63) is 109 Å². The monoisotopic (exact) mass is 567 g/mol. The van der Waals surface area contributed by atoms with Crippen molar-refractivity contribution in [3.8, 4) is 33.4 Å². The molecule has 0 fully saturated rings. The van der Waals surface area contributed by atoms with E-state index < -0.39 is 0 Å². The minimum Gasteiger partial charge on any atom is -0.369 e. The Hall–Kier alpha value is 0.192. The summed E-state index contributed by atoms with van der Waals surface area (Å²) in [5.74, 6) is 0. The summed E-state index contributed by atoms with van der Waals surface area (Å²) >= 11 is 0. The molecule has 0 saturated carbocycles. The quantitative estimate of drug-likeness (QED) is 0.288. The molecule has 0 unspecified atom stereocenters. The maximum Gasteiger partial charge on any atom is 0 e. The predicted molar refractivity (Wildman–Crippen MR) is 95.8 cm³/mol. The number of hydrogen-bond donors (Lipinski definition) is 0. The van der Waals surface area contributed by atoms with E-state index in [0.29, 0.717) is 0 Å². The van der Waals surface area contributed by atoms with Gasteiger partial charge in [-0.15, -0.1) is 36.4 Å². The van der Waals surface area contributed by atoms with Gasteiger partial charge in [-0.25, -0.2) is 17.2 Å². The van der Waals surface area contributed by atoms with E-state index in [0.717, 1.165) is 33.4 Å². The molecule has 0 aliphatic carbocycles. The van der Waals surface area contributed by atoms with Crippen molar-refractivity contribution >= 4 is 0 Å². The molecule has 4 rings (SSSR count). The summed E-state index contributed by atoms with van der Waals surface area (Å²) in [5.41, 5.74) is 5.95. The zero-order valence-electron chi connectivity index (χ0n) is 14.7. The molecule has 0 saturated heterocycles. The summed E-state index contributed by atoms with van der Waals surface area (Å²) in [6.07, 6.45) is 0. The van der Waals surface area contributed by atoms with Gasteiger partial charge in [0.05, 0.1) is 0 Å². The zero-order valence-corrected chi connectivity index (χ0v) is 23.2. The Labute approximate surface area is 237 Å². The molecule has 0 amide bonds. The van der Waals surface area contributed by atoms with Gasteiger partial charge in [0.25, 0.3) is 0 Å². The molecule has 0 aliphatic rings. The van der Waals surface area contributed by atoms with Gasteiger partial charge in [-0.1, -0.05) is 0 Å². The zero-order chi connectivity index (χ0) is 16.2. The van der Waals surface area contributed by atoms with Crippen molar-refractivity contribution in [2.24, 2.45) is 0 Å². The van der Waals surface area contributed by atoms with E-state index in [4.69, 9.17) is 0 Å². The van der Waals surface area contributed by atoms with Crippen LogP contribution in [0.1, 0.15) is 0 Å². The summed E-state index contributed by atoms with van der Waals surface area (Å²) in [6, 6.07) is 43.0. The summed E-state index contributed by atoms with van der Waals surface area (Å²) < 4.78 is 0. The second-order valence-corrected chi connectivity index (χ2v) is 5.36.